The Balaban J connectivity index is 1.43. The Bertz CT molecular complexity index is 1090. The monoisotopic (exact) mass is 450 g/mol. The van der Waals surface area contributed by atoms with Crippen LogP contribution in [0.5, 0.6) is 0 Å². The van der Waals surface area contributed by atoms with Crippen LogP contribution in [-0.4, -0.2) is 53.8 Å². The summed E-state index contributed by atoms with van der Waals surface area (Å²) in [5.74, 6) is -0.196. The molecule has 1 aliphatic rings. The van der Waals surface area contributed by atoms with E-state index in [4.69, 9.17) is 0 Å². The minimum atomic E-state index is -0.196. The number of amides is 1. The molecule has 1 saturated heterocycles. The van der Waals surface area contributed by atoms with E-state index >= 15 is 0 Å². The van der Waals surface area contributed by atoms with Crippen molar-refractivity contribution in [2.75, 3.05) is 33.2 Å². The molecular formula is C29H30N4O. The molecule has 3 aromatic rings. The van der Waals surface area contributed by atoms with Crippen LogP contribution >= 0.6 is 0 Å². The van der Waals surface area contributed by atoms with Crippen LogP contribution in [0.15, 0.2) is 103 Å². The first-order valence-corrected chi connectivity index (χ1v) is 11.6. The van der Waals surface area contributed by atoms with Gasteiger partial charge < -0.3 is 9.80 Å². The molecule has 0 N–H and O–H groups in total. The van der Waals surface area contributed by atoms with Crippen molar-refractivity contribution in [1.82, 2.24) is 14.7 Å². The number of carbonyl (C=O) groups is 1. The van der Waals surface area contributed by atoms with Gasteiger partial charge in [-0.2, -0.15) is 5.26 Å². The fraction of sp³-hybridized carbons (Fsp3) is 0.241. The van der Waals surface area contributed by atoms with E-state index < -0.39 is 0 Å². The van der Waals surface area contributed by atoms with Crippen molar-refractivity contribution in [3.63, 3.8) is 0 Å². The van der Waals surface area contributed by atoms with E-state index in [1.165, 1.54) is 11.1 Å². The van der Waals surface area contributed by atoms with Crippen LogP contribution in [0.3, 0.4) is 0 Å². The number of hydrogen-bond donors (Lipinski definition) is 0. The zero-order chi connectivity index (χ0) is 23.8. The van der Waals surface area contributed by atoms with Crippen LogP contribution in [0.2, 0.25) is 0 Å². The molecule has 1 aliphatic heterocycles. The third-order valence-electron chi connectivity index (χ3n) is 6.17. The molecule has 0 spiro atoms. The van der Waals surface area contributed by atoms with E-state index in [0.717, 1.165) is 18.7 Å². The summed E-state index contributed by atoms with van der Waals surface area (Å²) in [6.07, 6.45) is 1.67. The highest BCUT2D eigenvalue weighted by molar-refractivity contribution is 5.97. The minimum Gasteiger partial charge on any atom is -0.375 e. The summed E-state index contributed by atoms with van der Waals surface area (Å²) in [4.78, 5) is 19.2. The highest BCUT2D eigenvalue weighted by Crippen LogP contribution is 2.29. The second kappa shape index (κ2) is 11.3. The van der Waals surface area contributed by atoms with Gasteiger partial charge in [0.2, 0.25) is 0 Å². The van der Waals surface area contributed by atoms with Crippen LogP contribution in [-0.2, 0) is 11.3 Å². The second-order valence-corrected chi connectivity index (χ2v) is 8.61. The first-order chi connectivity index (χ1) is 16.7. The Hall–Kier alpha value is -3.88. The van der Waals surface area contributed by atoms with Gasteiger partial charge in [-0.3, -0.25) is 9.69 Å². The Morgan fingerprint density at radius 3 is 1.88 bits per heavy atom. The summed E-state index contributed by atoms with van der Waals surface area (Å²) in [5, 5.41) is 9.68. The summed E-state index contributed by atoms with van der Waals surface area (Å²) in [7, 11) is 1.89. The highest BCUT2D eigenvalue weighted by Gasteiger charge is 2.29. The predicted octanol–water partition coefficient (Wildman–Crippen LogP) is 4.46. The topological polar surface area (TPSA) is 50.6 Å². The van der Waals surface area contributed by atoms with Crippen molar-refractivity contribution in [2.24, 2.45) is 0 Å². The molecule has 0 unspecified atom stereocenters. The molecule has 0 saturated carbocycles. The Morgan fingerprint density at radius 1 is 0.882 bits per heavy atom. The standard InChI is InChI=1S/C29H30N4O/c1-31(22-24-11-5-2-6-12-24)23-27(21-30)29(34)33-19-17-32(18-20-33)28(25-13-7-3-8-14-25)26-15-9-4-10-16-26/h2-16,23,28H,17-20,22H2,1H3/b27-23-. The lowest BCUT2D eigenvalue weighted by molar-refractivity contribution is -0.128. The number of hydrogen-bond acceptors (Lipinski definition) is 4. The molecule has 34 heavy (non-hydrogen) atoms. The SMILES string of the molecule is CN(/C=C(/C#N)C(=O)N1CCN(C(c2ccccc2)c2ccccc2)CC1)Cc1ccccc1. The molecule has 0 aromatic heterocycles. The van der Waals surface area contributed by atoms with Crippen molar-refractivity contribution >= 4 is 5.91 Å². The summed E-state index contributed by atoms with van der Waals surface area (Å²) in [5.41, 5.74) is 3.80. The molecule has 0 bridgehead atoms. The molecular weight excluding hydrogens is 420 g/mol. The van der Waals surface area contributed by atoms with Crippen molar-refractivity contribution < 1.29 is 4.79 Å². The number of benzene rings is 3. The number of carbonyl (C=O) groups excluding carboxylic acids is 1. The lowest BCUT2D eigenvalue weighted by Crippen LogP contribution is -2.50. The van der Waals surface area contributed by atoms with Gasteiger partial charge in [-0.25, -0.2) is 0 Å². The molecule has 5 nitrogen and oxygen atoms in total. The van der Waals surface area contributed by atoms with Crippen molar-refractivity contribution in [3.05, 3.63) is 119 Å². The van der Waals surface area contributed by atoms with E-state index in [-0.39, 0.29) is 17.5 Å². The summed E-state index contributed by atoms with van der Waals surface area (Å²) < 4.78 is 0. The maximum Gasteiger partial charge on any atom is 0.266 e. The Kier molecular flexibility index (Phi) is 7.75. The summed E-state index contributed by atoms with van der Waals surface area (Å²) in [6.45, 7) is 3.33. The zero-order valence-electron chi connectivity index (χ0n) is 19.5. The van der Waals surface area contributed by atoms with Crippen LogP contribution in [0, 0.1) is 11.3 Å². The third kappa shape index (κ3) is 5.72. The molecule has 3 aromatic carbocycles. The van der Waals surface area contributed by atoms with Crippen LogP contribution < -0.4 is 0 Å². The lowest BCUT2D eigenvalue weighted by Gasteiger charge is -2.39. The van der Waals surface area contributed by atoms with Gasteiger partial charge in [0.15, 0.2) is 0 Å². The molecule has 0 atom stereocenters. The van der Waals surface area contributed by atoms with E-state index in [0.29, 0.717) is 19.6 Å². The fourth-order valence-corrected chi connectivity index (χ4v) is 4.51. The minimum absolute atomic E-state index is 0.141. The molecule has 1 fully saturated rings. The molecule has 5 heteroatoms. The van der Waals surface area contributed by atoms with Gasteiger partial charge in [-0.1, -0.05) is 91.0 Å². The summed E-state index contributed by atoms with van der Waals surface area (Å²) in [6, 6.07) is 33.3. The maximum absolute atomic E-state index is 13.1. The number of nitriles is 1. The van der Waals surface area contributed by atoms with Gasteiger partial charge in [0.25, 0.3) is 5.91 Å². The number of nitrogens with zero attached hydrogens (tertiary/aromatic N) is 4. The zero-order valence-corrected chi connectivity index (χ0v) is 19.5. The smallest absolute Gasteiger partial charge is 0.266 e. The van der Waals surface area contributed by atoms with Crippen molar-refractivity contribution in [1.29, 1.82) is 5.26 Å². The molecule has 1 amide bonds. The first-order valence-electron chi connectivity index (χ1n) is 11.6. The van der Waals surface area contributed by atoms with Crippen LogP contribution in [0.1, 0.15) is 22.7 Å². The Morgan fingerprint density at radius 2 is 1.38 bits per heavy atom. The van der Waals surface area contributed by atoms with E-state index in [2.05, 4.69) is 59.5 Å². The van der Waals surface area contributed by atoms with E-state index in [1.54, 1.807) is 11.1 Å². The lowest BCUT2D eigenvalue weighted by atomic mass is 9.96. The summed E-state index contributed by atoms with van der Waals surface area (Å²) >= 11 is 0. The van der Waals surface area contributed by atoms with Gasteiger partial charge in [-0.15, -0.1) is 0 Å². The van der Waals surface area contributed by atoms with E-state index in [9.17, 15) is 10.1 Å². The molecule has 4 rings (SSSR count). The quantitative estimate of drug-likeness (QED) is 0.394. The first kappa shape index (κ1) is 23.3. The van der Waals surface area contributed by atoms with Crippen molar-refractivity contribution in [3.8, 4) is 6.07 Å². The second-order valence-electron chi connectivity index (χ2n) is 8.61. The van der Waals surface area contributed by atoms with Crippen LogP contribution in [0.25, 0.3) is 0 Å². The largest absolute Gasteiger partial charge is 0.375 e. The van der Waals surface area contributed by atoms with Gasteiger partial charge in [-0.05, 0) is 16.7 Å². The number of piperazine rings is 1. The van der Waals surface area contributed by atoms with Gasteiger partial charge in [0, 0.05) is 46.0 Å². The van der Waals surface area contributed by atoms with Gasteiger partial charge in [0.05, 0.1) is 6.04 Å². The fourth-order valence-electron chi connectivity index (χ4n) is 4.51. The molecule has 0 radical (unpaired) electrons. The van der Waals surface area contributed by atoms with E-state index in [1.807, 2.05) is 54.4 Å². The predicted molar refractivity (Wildman–Crippen MR) is 134 cm³/mol. The molecule has 0 aliphatic carbocycles. The van der Waals surface area contributed by atoms with Gasteiger partial charge >= 0.3 is 0 Å². The van der Waals surface area contributed by atoms with Crippen molar-refractivity contribution in [2.45, 2.75) is 12.6 Å². The van der Waals surface area contributed by atoms with Crippen LogP contribution in [0.4, 0.5) is 0 Å². The maximum atomic E-state index is 13.1. The number of rotatable bonds is 7. The molecule has 1 heterocycles. The third-order valence-corrected chi connectivity index (χ3v) is 6.17. The average molecular weight is 451 g/mol. The average Bonchev–Trinajstić information content (AvgIpc) is 2.89. The Labute approximate surface area is 202 Å². The highest BCUT2D eigenvalue weighted by atomic mass is 16.2. The normalized spacial score (nSPS) is 14.6. The molecule has 172 valence electrons. The van der Waals surface area contributed by atoms with Gasteiger partial charge in [0.1, 0.15) is 11.6 Å².